The van der Waals surface area contributed by atoms with Crippen LogP contribution in [0.5, 0.6) is 0 Å². The average molecular weight is 483 g/mol. The van der Waals surface area contributed by atoms with Gasteiger partial charge in [-0.05, 0) is 48.7 Å². The molecule has 0 heterocycles. The van der Waals surface area contributed by atoms with Crippen molar-refractivity contribution < 1.29 is 22.8 Å². The highest BCUT2D eigenvalue weighted by atomic mass is 35.5. The number of benzene rings is 2. The van der Waals surface area contributed by atoms with Crippen LogP contribution < -0.4 is 21.7 Å². The smallest absolute Gasteiger partial charge is 0.398 e. The average Bonchev–Trinajstić information content (AvgIpc) is 2.77. The lowest BCUT2D eigenvalue weighted by Gasteiger charge is -2.33. The molecule has 3 rings (SSSR count). The minimum Gasteiger partial charge on any atom is -0.398 e. The Morgan fingerprint density at radius 1 is 1.03 bits per heavy atom. The Morgan fingerprint density at radius 3 is 2.36 bits per heavy atom. The second-order valence-electron chi connectivity index (χ2n) is 8.05. The van der Waals surface area contributed by atoms with E-state index in [2.05, 4.69) is 16.0 Å². The molecule has 2 atom stereocenters. The molecule has 2 aromatic carbocycles. The van der Waals surface area contributed by atoms with Gasteiger partial charge in [-0.25, -0.2) is 0 Å². The summed E-state index contributed by atoms with van der Waals surface area (Å²) in [6.45, 7) is 0.259. The van der Waals surface area contributed by atoms with Gasteiger partial charge in [0, 0.05) is 29.3 Å². The molecular weight excluding hydrogens is 457 g/mol. The van der Waals surface area contributed by atoms with Crippen molar-refractivity contribution in [3.05, 3.63) is 64.2 Å². The van der Waals surface area contributed by atoms with E-state index in [4.69, 9.17) is 17.3 Å². The number of rotatable bonds is 7. The van der Waals surface area contributed by atoms with Gasteiger partial charge in [0.1, 0.15) is 0 Å². The lowest BCUT2D eigenvalue weighted by Crippen LogP contribution is -2.53. The van der Waals surface area contributed by atoms with Gasteiger partial charge in [-0.2, -0.15) is 13.2 Å². The SMILES string of the molecule is Nc1ccc(C(F)(F)F)cc1C(=O)NCC(=O)N[C@@H]1CCCC[C@@H]1NCc1ccc(Cl)cc1. The Bertz CT molecular complexity index is 983. The summed E-state index contributed by atoms with van der Waals surface area (Å²) in [6, 6.07) is 9.96. The maximum atomic E-state index is 12.9. The van der Waals surface area contributed by atoms with Crippen molar-refractivity contribution >= 4 is 29.1 Å². The molecule has 1 aliphatic carbocycles. The maximum absolute atomic E-state index is 12.9. The molecule has 178 valence electrons. The Hall–Kier alpha value is -2.78. The van der Waals surface area contributed by atoms with Gasteiger partial charge in [0.25, 0.3) is 5.91 Å². The first-order chi connectivity index (χ1) is 15.6. The molecule has 1 saturated carbocycles. The first kappa shape index (κ1) is 24.9. The molecule has 10 heteroatoms. The fourth-order valence-electron chi connectivity index (χ4n) is 3.84. The van der Waals surface area contributed by atoms with Crippen LogP contribution in [0.4, 0.5) is 18.9 Å². The van der Waals surface area contributed by atoms with Crippen molar-refractivity contribution in [2.24, 2.45) is 0 Å². The molecule has 33 heavy (non-hydrogen) atoms. The standard InChI is InChI=1S/C23H26ClF3N4O2/c24-16-8-5-14(6-9-16)12-29-19-3-1-2-4-20(19)31-21(32)13-30-22(33)17-11-15(23(25,26)27)7-10-18(17)28/h5-11,19-20,29H,1-4,12-13,28H2,(H,30,33)(H,31,32)/t19-,20+/m0/s1. The molecule has 0 radical (unpaired) electrons. The number of amides is 2. The van der Waals surface area contributed by atoms with Gasteiger partial charge in [-0.15, -0.1) is 0 Å². The van der Waals surface area contributed by atoms with Crippen LogP contribution in [-0.4, -0.2) is 30.4 Å². The summed E-state index contributed by atoms with van der Waals surface area (Å²) >= 11 is 5.91. The van der Waals surface area contributed by atoms with E-state index in [9.17, 15) is 22.8 Å². The van der Waals surface area contributed by atoms with E-state index in [0.29, 0.717) is 17.6 Å². The van der Waals surface area contributed by atoms with Crippen molar-refractivity contribution in [1.29, 1.82) is 0 Å². The van der Waals surface area contributed by atoms with Gasteiger partial charge < -0.3 is 21.7 Å². The van der Waals surface area contributed by atoms with E-state index in [-0.39, 0.29) is 29.9 Å². The maximum Gasteiger partial charge on any atom is 0.416 e. The van der Waals surface area contributed by atoms with E-state index in [1.165, 1.54) is 0 Å². The molecule has 0 spiro atoms. The summed E-state index contributed by atoms with van der Waals surface area (Å²) in [4.78, 5) is 24.8. The molecular formula is C23H26ClF3N4O2. The van der Waals surface area contributed by atoms with Crippen molar-refractivity contribution in [1.82, 2.24) is 16.0 Å². The Balaban J connectivity index is 1.53. The van der Waals surface area contributed by atoms with Crippen LogP contribution in [0.15, 0.2) is 42.5 Å². The summed E-state index contributed by atoms with van der Waals surface area (Å²) < 4.78 is 38.7. The van der Waals surface area contributed by atoms with Crippen molar-refractivity contribution in [3.63, 3.8) is 0 Å². The summed E-state index contributed by atoms with van der Waals surface area (Å²) in [7, 11) is 0. The molecule has 0 bridgehead atoms. The van der Waals surface area contributed by atoms with Gasteiger partial charge in [0.05, 0.1) is 17.7 Å². The van der Waals surface area contributed by atoms with Crippen molar-refractivity contribution in [2.45, 2.75) is 50.5 Å². The van der Waals surface area contributed by atoms with Crippen molar-refractivity contribution in [2.75, 3.05) is 12.3 Å². The lowest BCUT2D eigenvalue weighted by atomic mass is 9.90. The van der Waals surface area contributed by atoms with E-state index in [1.54, 1.807) is 0 Å². The molecule has 0 aliphatic heterocycles. The molecule has 5 N–H and O–H groups in total. The minimum atomic E-state index is -4.60. The first-order valence-corrected chi connectivity index (χ1v) is 11.0. The fourth-order valence-corrected chi connectivity index (χ4v) is 3.97. The predicted molar refractivity (Wildman–Crippen MR) is 121 cm³/mol. The topological polar surface area (TPSA) is 96.2 Å². The van der Waals surface area contributed by atoms with Crippen LogP contribution in [0.1, 0.15) is 47.2 Å². The number of carbonyl (C=O) groups is 2. The van der Waals surface area contributed by atoms with Crippen molar-refractivity contribution in [3.8, 4) is 0 Å². The van der Waals surface area contributed by atoms with E-state index in [1.807, 2.05) is 24.3 Å². The van der Waals surface area contributed by atoms with Crippen LogP contribution in [0.3, 0.4) is 0 Å². The highest BCUT2D eigenvalue weighted by molar-refractivity contribution is 6.30. The second-order valence-corrected chi connectivity index (χ2v) is 8.49. The second kappa shape index (κ2) is 10.9. The van der Waals surface area contributed by atoms with Crippen LogP contribution >= 0.6 is 11.6 Å². The van der Waals surface area contributed by atoms with E-state index >= 15 is 0 Å². The molecule has 1 fully saturated rings. The van der Waals surface area contributed by atoms with Crippen LogP contribution in [0, 0.1) is 0 Å². The Labute approximate surface area is 195 Å². The number of alkyl halides is 3. The number of anilines is 1. The third-order valence-electron chi connectivity index (χ3n) is 5.63. The van der Waals surface area contributed by atoms with Crippen LogP contribution in [-0.2, 0) is 17.5 Å². The number of nitrogens with two attached hydrogens (primary N) is 1. The minimum absolute atomic E-state index is 0.0631. The van der Waals surface area contributed by atoms with Gasteiger partial charge in [0.15, 0.2) is 0 Å². The largest absolute Gasteiger partial charge is 0.416 e. The third kappa shape index (κ3) is 7.10. The fraction of sp³-hybridized carbons (Fsp3) is 0.391. The number of hydrogen-bond donors (Lipinski definition) is 4. The molecule has 0 unspecified atom stereocenters. The van der Waals surface area contributed by atoms with Gasteiger partial charge in [-0.3, -0.25) is 9.59 Å². The van der Waals surface area contributed by atoms with Gasteiger partial charge >= 0.3 is 6.18 Å². The quantitative estimate of drug-likeness (QED) is 0.450. The van der Waals surface area contributed by atoms with Gasteiger partial charge in [-0.1, -0.05) is 36.6 Å². The highest BCUT2D eigenvalue weighted by Gasteiger charge is 2.32. The summed E-state index contributed by atoms with van der Waals surface area (Å²) in [5, 5.41) is 9.40. The number of nitrogens with one attached hydrogen (secondary N) is 3. The lowest BCUT2D eigenvalue weighted by molar-refractivity contribution is -0.137. The summed E-state index contributed by atoms with van der Waals surface area (Å²) in [6.07, 6.45) is -0.910. The molecule has 2 aromatic rings. The zero-order valence-corrected chi connectivity index (χ0v) is 18.6. The Kier molecular flexibility index (Phi) is 8.20. The summed E-state index contributed by atoms with van der Waals surface area (Å²) in [5.41, 5.74) is 5.32. The Morgan fingerprint density at radius 2 is 1.70 bits per heavy atom. The number of hydrogen-bond acceptors (Lipinski definition) is 4. The molecule has 1 aliphatic rings. The van der Waals surface area contributed by atoms with Gasteiger partial charge in [0.2, 0.25) is 5.91 Å². The van der Waals surface area contributed by atoms with Crippen LogP contribution in [0.25, 0.3) is 0 Å². The highest BCUT2D eigenvalue weighted by Crippen LogP contribution is 2.31. The van der Waals surface area contributed by atoms with Crippen LogP contribution in [0.2, 0.25) is 5.02 Å². The third-order valence-corrected chi connectivity index (χ3v) is 5.88. The summed E-state index contributed by atoms with van der Waals surface area (Å²) in [5.74, 6) is -1.26. The number of halogens is 4. The number of nitrogen functional groups attached to an aromatic ring is 1. The van der Waals surface area contributed by atoms with E-state index < -0.39 is 23.6 Å². The normalized spacial score (nSPS) is 18.5. The molecule has 2 amide bonds. The molecule has 0 saturated heterocycles. The number of carbonyl (C=O) groups excluding carboxylic acids is 2. The zero-order valence-electron chi connectivity index (χ0n) is 17.8. The monoisotopic (exact) mass is 482 g/mol. The predicted octanol–water partition coefficient (Wildman–Crippen LogP) is 3.89. The molecule has 0 aromatic heterocycles. The van der Waals surface area contributed by atoms with E-state index in [0.717, 1.165) is 43.4 Å². The zero-order chi connectivity index (χ0) is 24.0. The molecule has 6 nitrogen and oxygen atoms in total. The first-order valence-electron chi connectivity index (χ1n) is 10.7.